The lowest BCUT2D eigenvalue weighted by Gasteiger charge is -2.26. The van der Waals surface area contributed by atoms with E-state index in [0.29, 0.717) is 0 Å². The van der Waals surface area contributed by atoms with Crippen molar-refractivity contribution in [1.82, 2.24) is 0 Å². The molecule has 1 amide bonds. The maximum absolute atomic E-state index is 11.4. The van der Waals surface area contributed by atoms with Crippen LogP contribution >= 0.6 is 15.9 Å². The maximum Gasteiger partial charge on any atom is 0.240 e. The topological polar surface area (TPSA) is 66.6 Å². The molecule has 1 aromatic rings. The quantitative estimate of drug-likeness (QED) is 0.896. The molecule has 0 aliphatic carbocycles. The summed E-state index contributed by atoms with van der Waals surface area (Å²) in [5.41, 5.74) is 7.22. The van der Waals surface area contributed by atoms with Crippen LogP contribution in [0.4, 0.5) is 5.69 Å². The summed E-state index contributed by atoms with van der Waals surface area (Å²) in [6.07, 6.45) is 1.28. The van der Waals surface area contributed by atoms with Crippen LogP contribution in [0.25, 0.3) is 0 Å². The van der Waals surface area contributed by atoms with E-state index in [1.807, 2.05) is 23.1 Å². The third-order valence-electron chi connectivity index (χ3n) is 3.34. The highest BCUT2D eigenvalue weighted by Gasteiger charge is 2.30. The van der Waals surface area contributed by atoms with Crippen LogP contribution in [0.5, 0.6) is 0 Å². The largest absolute Gasteiger partial charge is 0.389 e. The van der Waals surface area contributed by atoms with Gasteiger partial charge in [0, 0.05) is 11.0 Å². The Balaban J connectivity index is 2.31. The molecule has 1 aromatic carbocycles. The fourth-order valence-electron chi connectivity index (χ4n) is 2.37. The molecule has 4 nitrogen and oxygen atoms in total. The van der Waals surface area contributed by atoms with Crippen molar-refractivity contribution in [2.75, 3.05) is 11.4 Å². The monoisotopic (exact) mass is 312 g/mol. The predicted molar refractivity (Wildman–Crippen MR) is 74.3 cm³/mol. The van der Waals surface area contributed by atoms with Gasteiger partial charge in [0.2, 0.25) is 5.91 Å². The first-order valence-corrected chi connectivity index (χ1v) is 6.83. The van der Waals surface area contributed by atoms with Crippen molar-refractivity contribution < 1.29 is 9.90 Å². The fourth-order valence-corrected chi connectivity index (χ4v) is 2.99. The van der Waals surface area contributed by atoms with Gasteiger partial charge in [-0.25, -0.2) is 0 Å². The van der Waals surface area contributed by atoms with Gasteiger partial charge in [-0.2, -0.15) is 0 Å². The number of halogens is 1. The van der Waals surface area contributed by atoms with E-state index >= 15 is 0 Å². The van der Waals surface area contributed by atoms with Gasteiger partial charge in [-0.1, -0.05) is 6.07 Å². The lowest BCUT2D eigenvalue weighted by Crippen LogP contribution is -2.40. The number of aliphatic hydroxyl groups is 1. The summed E-state index contributed by atoms with van der Waals surface area (Å²) >= 11 is 3.50. The number of anilines is 1. The Labute approximate surface area is 115 Å². The molecule has 18 heavy (non-hydrogen) atoms. The molecule has 1 heterocycles. The van der Waals surface area contributed by atoms with Gasteiger partial charge in [-0.05, 0) is 53.4 Å². The van der Waals surface area contributed by atoms with Gasteiger partial charge in [0.1, 0.15) is 6.04 Å². The molecule has 1 aliphatic rings. The van der Waals surface area contributed by atoms with Gasteiger partial charge in [0.05, 0.1) is 11.8 Å². The van der Waals surface area contributed by atoms with E-state index in [9.17, 15) is 9.90 Å². The van der Waals surface area contributed by atoms with Crippen molar-refractivity contribution in [3.63, 3.8) is 0 Å². The number of hydrogen-bond donors (Lipinski definition) is 2. The average molecular weight is 313 g/mol. The Morgan fingerprint density at radius 3 is 2.89 bits per heavy atom. The molecule has 1 aliphatic heterocycles. The average Bonchev–Trinajstić information content (AvgIpc) is 2.77. The normalized spacial score (nSPS) is 21.1. The standard InChI is InChI=1S/C13H17BrN2O2/c1-8(17)9-4-5-11(10(14)7-9)16-6-2-3-12(16)13(15)18/h4-5,7-8,12,17H,2-3,6H2,1H3,(H2,15,18)/t8-,12?/m0/s1. The predicted octanol–water partition coefficient (Wildman–Crippen LogP) is 1.96. The molecule has 5 heteroatoms. The number of nitrogens with zero attached hydrogens (tertiary/aromatic N) is 1. The summed E-state index contributed by atoms with van der Waals surface area (Å²) in [6, 6.07) is 5.46. The van der Waals surface area contributed by atoms with Crippen LogP contribution in [0.2, 0.25) is 0 Å². The number of amides is 1. The minimum atomic E-state index is -0.499. The van der Waals surface area contributed by atoms with Gasteiger partial charge < -0.3 is 15.7 Å². The van der Waals surface area contributed by atoms with Gasteiger partial charge in [-0.15, -0.1) is 0 Å². The van der Waals surface area contributed by atoms with E-state index in [-0.39, 0.29) is 11.9 Å². The first-order chi connectivity index (χ1) is 8.50. The molecule has 2 rings (SSSR count). The van der Waals surface area contributed by atoms with Gasteiger partial charge >= 0.3 is 0 Å². The maximum atomic E-state index is 11.4. The summed E-state index contributed by atoms with van der Waals surface area (Å²) in [7, 11) is 0. The molecule has 1 saturated heterocycles. The highest BCUT2D eigenvalue weighted by atomic mass is 79.9. The number of aliphatic hydroxyl groups excluding tert-OH is 1. The van der Waals surface area contributed by atoms with Crippen molar-refractivity contribution in [3.8, 4) is 0 Å². The van der Waals surface area contributed by atoms with Gasteiger partial charge in [0.25, 0.3) is 0 Å². The smallest absolute Gasteiger partial charge is 0.240 e. The molecule has 98 valence electrons. The summed E-state index contributed by atoms with van der Waals surface area (Å²) < 4.78 is 0.883. The lowest BCUT2D eigenvalue weighted by atomic mass is 10.1. The zero-order chi connectivity index (χ0) is 13.3. The minimum Gasteiger partial charge on any atom is -0.389 e. The van der Waals surface area contributed by atoms with Crippen LogP contribution in [0, 0.1) is 0 Å². The molecule has 0 saturated carbocycles. The van der Waals surface area contributed by atoms with E-state index < -0.39 is 6.10 Å². The highest BCUT2D eigenvalue weighted by molar-refractivity contribution is 9.10. The van der Waals surface area contributed by atoms with E-state index in [1.165, 1.54) is 0 Å². The van der Waals surface area contributed by atoms with Crippen LogP contribution in [-0.4, -0.2) is 23.6 Å². The molecule has 0 bridgehead atoms. The van der Waals surface area contributed by atoms with Crippen LogP contribution in [0.15, 0.2) is 22.7 Å². The summed E-state index contributed by atoms with van der Waals surface area (Å²) in [5, 5.41) is 9.54. The number of nitrogens with two attached hydrogens (primary N) is 1. The minimum absolute atomic E-state index is 0.223. The fraction of sp³-hybridized carbons (Fsp3) is 0.462. The second-order valence-corrected chi connectivity index (χ2v) is 5.49. The number of rotatable bonds is 3. The molecule has 1 unspecified atom stereocenters. The van der Waals surface area contributed by atoms with Crippen molar-refractivity contribution >= 4 is 27.5 Å². The number of carbonyl (C=O) groups is 1. The highest BCUT2D eigenvalue weighted by Crippen LogP contribution is 2.33. The number of carbonyl (C=O) groups excluding carboxylic acids is 1. The molecule has 1 fully saturated rings. The Bertz CT molecular complexity index is 462. The zero-order valence-corrected chi connectivity index (χ0v) is 11.9. The van der Waals surface area contributed by atoms with Crippen molar-refractivity contribution in [3.05, 3.63) is 28.2 Å². The van der Waals surface area contributed by atoms with E-state index in [2.05, 4.69) is 15.9 Å². The third-order valence-corrected chi connectivity index (χ3v) is 3.98. The van der Waals surface area contributed by atoms with Gasteiger partial charge in [-0.3, -0.25) is 4.79 Å². The third kappa shape index (κ3) is 2.52. The molecule has 0 spiro atoms. The second-order valence-electron chi connectivity index (χ2n) is 4.64. The number of benzene rings is 1. The number of primary amides is 1. The Kier molecular flexibility index (Phi) is 3.92. The van der Waals surface area contributed by atoms with Gasteiger partial charge in [0.15, 0.2) is 0 Å². The SMILES string of the molecule is C[C@H](O)c1ccc(N2CCCC2C(N)=O)c(Br)c1. The van der Waals surface area contributed by atoms with Crippen LogP contribution in [0.1, 0.15) is 31.4 Å². The molecule has 2 atom stereocenters. The number of hydrogen-bond acceptors (Lipinski definition) is 3. The zero-order valence-electron chi connectivity index (χ0n) is 10.3. The van der Waals surface area contributed by atoms with Crippen LogP contribution < -0.4 is 10.6 Å². The lowest BCUT2D eigenvalue weighted by molar-refractivity contribution is -0.119. The molecule has 3 N–H and O–H groups in total. The van der Waals surface area contributed by atoms with Crippen LogP contribution in [-0.2, 0) is 4.79 Å². The Hall–Kier alpha value is -1.07. The molecular weight excluding hydrogens is 296 g/mol. The van der Waals surface area contributed by atoms with Crippen molar-refractivity contribution in [2.24, 2.45) is 5.73 Å². The van der Waals surface area contributed by atoms with E-state index in [1.54, 1.807) is 6.92 Å². The van der Waals surface area contributed by atoms with Crippen molar-refractivity contribution in [2.45, 2.75) is 31.9 Å². The van der Waals surface area contributed by atoms with Crippen molar-refractivity contribution in [1.29, 1.82) is 0 Å². The summed E-state index contributed by atoms with van der Waals surface area (Å²) in [5.74, 6) is -0.279. The first kappa shape index (κ1) is 13.4. The summed E-state index contributed by atoms with van der Waals surface area (Å²) in [4.78, 5) is 13.4. The van der Waals surface area contributed by atoms with E-state index in [4.69, 9.17) is 5.73 Å². The molecule has 0 radical (unpaired) electrons. The molecule has 0 aromatic heterocycles. The Morgan fingerprint density at radius 2 is 2.33 bits per heavy atom. The first-order valence-electron chi connectivity index (χ1n) is 6.04. The molecular formula is C13H17BrN2O2. The van der Waals surface area contributed by atoms with E-state index in [0.717, 1.165) is 35.1 Å². The Morgan fingerprint density at radius 1 is 1.61 bits per heavy atom. The van der Waals surface area contributed by atoms with Crippen LogP contribution in [0.3, 0.4) is 0 Å². The second kappa shape index (κ2) is 5.28. The summed E-state index contributed by atoms with van der Waals surface area (Å²) in [6.45, 7) is 2.56.